The lowest BCUT2D eigenvalue weighted by atomic mass is 10.2. The summed E-state index contributed by atoms with van der Waals surface area (Å²) in [5.41, 5.74) is 0.605. The van der Waals surface area contributed by atoms with Crippen LogP contribution in [0.4, 0.5) is 5.82 Å². The van der Waals surface area contributed by atoms with Crippen LogP contribution in [0.15, 0.2) is 35.3 Å². The summed E-state index contributed by atoms with van der Waals surface area (Å²) < 4.78 is 6.89. The molecule has 1 N–H and O–H groups in total. The van der Waals surface area contributed by atoms with Crippen molar-refractivity contribution in [2.45, 2.75) is 31.4 Å². The Balaban J connectivity index is 1.84. The molecule has 1 saturated carbocycles. The van der Waals surface area contributed by atoms with Crippen molar-refractivity contribution < 1.29 is 4.74 Å². The topological polar surface area (TPSA) is 55.6 Å². The highest BCUT2D eigenvalue weighted by molar-refractivity contribution is 5.46. The molecular formula is C14H17N3O2. The van der Waals surface area contributed by atoms with Gasteiger partial charge >= 0.3 is 0 Å². The molecule has 0 radical (unpaired) electrons. The predicted molar refractivity (Wildman–Crippen MR) is 73.5 cm³/mol. The van der Waals surface area contributed by atoms with E-state index in [1.807, 2.05) is 18.2 Å². The smallest absolute Gasteiger partial charge is 0.259 e. The maximum Gasteiger partial charge on any atom is 0.259 e. The van der Waals surface area contributed by atoms with Gasteiger partial charge in [0, 0.05) is 25.4 Å². The van der Waals surface area contributed by atoms with Crippen molar-refractivity contribution in [3.8, 4) is 0 Å². The molecule has 1 fully saturated rings. The van der Waals surface area contributed by atoms with Crippen molar-refractivity contribution >= 4 is 11.5 Å². The molecule has 0 bridgehead atoms. The highest BCUT2D eigenvalue weighted by atomic mass is 16.5. The number of rotatable bonds is 3. The number of methoxy groups -OCH3 is 1. The Kier molecular flexibility index (Phi) is 3.21. The molecule has 19 heavy (non-hydrogen) atoms. The van der Waals surface area contributed by atoms with Crippen molar-refractivity contribution in [1.29, 1.82) is 0 Å². The molecule has 2 heterocycles. The number of fused-ring (bicyclic) bond motifs is 1. The molecule has 100 valence electrons. The quantitative estimate of drug-likeness (QED) is 0.911. The van der Waals surface area contributed by atoms with Crippen molar-refractivity contribution in [2.75, 3.05) is 12.4 Å². The largest absolute Gasteiger partial charge is 0.381 e. The molecule has 2 aromatic rings. The molecule has 0 saturated heterocycles. The molecule has 2 unspecified atom stereocenters. The lowest BCUT2D eigenvalue weighted by Crippen LogP contribution is -2.21. The standard InChI is InChI=1S/C14H17N3O2/c1-19-11-6-5-10(8-11)15-12-9-14(18)17-7-3-2-4-13(17)16-12/h2-4,7,9-11,15H,5-6,8H2,1H3. The number of aromatic nitrogens is 2. The van der Waals surface area contributed by atoms with Gasteiger partial charge in [-0.05, 0) is 31.4 Å². The number of hydrogen-bond acceptors (Lipinski definition) is 4. The fourth-order valence-electron chi connectivity index (χ4n) is 2.62. The van der Waals surface area contributed by atoms with Gasteiger partial charge in [0.15, 0.2) is 0 Å². The van der Waals surface area contributed by atoms with Crippen LogP contribution in [0.1, 0.15) is 19.3 Å². The van der Waals surface area contributed by atoms with Gasteiger partial charge in [0.05, 0.1) is 6.10 Å². The summed E-state index contributed by atoms with van der Waals surface area (Å²) >= 11 is 0. The third kappa shape index (κ3) is 2.46. The van der Waals surface area contributed by atoms with Gasteiger partial charge in [-0.1, -0.05) is 6.07 Å². The average Bonchev–Trinajstić information content (AvgIpc) is 2.86. The van der Waals surface area contributed by atoms with Crippen LogP contribution in [0.25, 0.3) is 5.65 Å². The van der Waals surface area contributed by atoms with Crippen LogP contribution in [0, 0.1) is 0 Å². The van der Waals surface area contributed by atoms with Gasteiger partial charge in [-0.15, -0.1) is 0 Å². The lowest BCUT2D eigenvalue weighted by Gasteiger charge is -2.13. The molecule has 2 aromatic heterocycles. The van der Waals surface area contributed by atoms with E-state index in [4.69, 9.17) is 4.74 Å². The first-order valence-electron chi connectivity index (χ1n) is 6.54. The van der Waals surface area contributed by atoms with Gasteiger partial charge in [-0.3, -0.25) is 9.20 Å². The SMILES string of the molecule is COC1CCC(Nc2cc(=O)n3ccccc3n2)C1. The van der Waals surface area contributed by atoms with Gasteiger partial charge in [0.2, 0.25) is 0 Å². The average molecular weight is 259 g/mol. The molecule has 0 aromatic carbocycles. The summed E-state index contributed by atoms with van der Waals surface area (Å²) in [6.45, 7) is 0. The van der Waals surface area contributed by atoms with Crippen molar-refractivity contribution in [1.82, 2.24) is 9.38 Å². The number of hydrogen-bond donors (Lipinski definition) is 1. The highest BCUT2D eigenvalue weighted by Crippen LogP contribution is 2.23. The van der Waals surface area contributed by atoms with Gasteiger partial charge in [-0.25, -0.2) is 4.98 Å². The van der Waals surface area contributed by atoms with E-state index in [-0.39, 0.29) is 5.56 Å². The first-order chi connectivity index (χ1) is 9.26. The van der Waals surface area contributed by atoms with Crippen LogP contribution >= 0.6 is 0 Å². The minimum absolute atomic E-state index is 0.0608. The molecule has 1 aliphatic rings. The fraction of sp³-hybridized carbons (Fsp3) is 0.429. The molecule has 5 nitrogen and oxygen atoms in total. The zero-order valence-corrected chi connectivity index (χ0v) is 10.9. The molecule has 0 amide bonds. The zero-order valence-electron chi connectivity index (χ0n) is 10.9. The van der Waals surface area contributed by atoms with Gasteiger partial charge in [0.1, 0.15) is 11.5 Å². The Morgan fingerprint density at radius 3 is 3.11 bits per heavy atom. The Hall–Kier alpha value is -1.88. The second-order valence-electron chi connectivity index (χ2n) is 4.92. The van der Waals surface area contributed by atoms with Crippen LogP contribution in [0.5, 0.6) is 0 Å². The Morgan fingerprint density at radius 1 is 1.42 bits per heavy atom. The second kappa shape index (κ2) is 5.01. The maximum absolute atomic E-state index is 12.0. The van der Waals surface area contributed by atoms with E-state index >= 15 is 0 Å². The predicted octanol–water partition coefficient (Wildman–Crippen LogP) is 1.67. The van der Waals surface area contributed by atoms with E-state index in [1.54, 1.807) is 19.4 Å². The van der Waals surface area contributed by atoms with E-state index in [0.717, 1.165) is 19.3 Å². The fourth-order valence-corrected chi connectivity index (χ4v) is 2.62. The molecular weight excluding hydrogens is 242 g/mol. The number of pyridine rings is 1. The summed E-state index contributed by atoms with van der Waals surface area (Å²) in [7, 11) is 1.74. The van der Waals surface area contributed by atoms with E-state index in [9.17, 15) is 4.79 Å². The van der Waals surface area contributed by atoms with Crippen molar-refractivity contribution in [3.05, 3.63) is 40.8 Å². The van der Waals surface area contributed by atoms with E-state index in [1.165, 1.54) is 4.40 Å². The monoisotopic (exact) mass is 259 g/mol. The third-order valence-corrected chi connectivity index (χ3v) is 3.64. The van der Waals surface area contributed by atoms with Crippen LogP contribution in [0.2, 0.25) is 0 Å². The Morgan fingerprint density at radius 2 is 2.32 bits per heavy atom. The third-order valence-electron chi connectivity index (χ3n) is 3.64. The summed E-state index contributed by atoms with van der Waals surface area (Å²) in [5, 5.41) is 3.33. The van der Waals surface area contributed by atoms with E-state index in [2.05, 4.69) is 10.3 Å². The van der Waals surface area contributed by atoms with E-state index < -0.39 is 0 Å². The number of anilines is 1. The molecule has 3 rings (SSSR count). The van der Waals surface area contributed by atoms with Gasteiger partial charge in [-0.2, -0.15) is 0 Å². The second-order valence-corrected chi connectivity index (χ2v) is 4.92. The summed E-state index contributed by atoms with van der Waals surface area (Å²) in [4.78, 5) is 16.4. The summed E-state index contributed by atoms with van der Waals surface area (Å²) in [5.74, 6) is 0.651. The first kappa shape index (κ1) is 12.2. The molecule has 5 heteroatoms. The first-order valence-corrected chi connectivity index (χ1v) is 6.54. The minimum atomic E-state index is -0.0608. The van der Waals surface area contributed by atoms with Crippen molar-refractivity contribution in [2.24, 2.45) is 0 Å². The zero-order chi connectivity index (χ0) is 13.2. The Bertz CT molecular complexity index is 638. The number of nitrogens with one attached hydrogen (secondary N) is 1. The normalized spacial score (nSPS) is 22.8. The van der Waals surface area contributed by atoms with Crippen LogP contribution in [-0.4, -0.2) is 28.6 Å². The van der Waals surface area contributed by atoms with Crippen LogP contribution in [0.3, 0.4) is 0 Å². The maximum atomic E-state index is 12.0. The molecule has 0 spiro atoms. The summed E-state index contributed by atoms with van der Waals surface area (Å²) in [6.07, 6.45) is 5.12. The lowest BCUT2D eigenvalue weighted by molar-refractivity contribution is 0.108. The van der Waals surface area contributed by atoms with E-state index in [0.29, 0.717) is 23.6 Å². The van der Waals surface area contributed by atoms with Crippen LogP contribution in [-0.2, 0) is 4.74 Å². The number of nitrogens with zero attached hydrogens (tertiary/aromatic N) is 2. The van der Waals surface area contributed by atoms with Gasteiger partial charge in [0.25, 0.3) is 5.56 Å². The molecule has 2 atom stereocenters. The highest BCUT2D eigenvalue weighted by Gasteiger charge is 2.24. The van der Waals surface area contributed by atoms with Crippen LogP contribution < -0.4 is 10.9 Å². The summed E-state index contributed by atoms with van der Waals surface area (Å²) in [6, 6.07) is 7.42. The van der Waals surface area contributed by atoms with Gasteiger partial charge < -0.3 is 10.1 Å². The minimum Gasteiger partial charge on any atom is -0.381 e. The number of ether oxygens (including phenoxy) is 1. The molecule has 1 aliphatic carbocycles. The Labute approximate surface area is 111 Å². The van der Waals surface area contributed by atoms with Crippen molar-refractivity contribution in [3.63, 3.8) is 0 Å². The molecule has 0 aliphatic heterocycles.